The van der Waals surface area contributed by atoms with Crippen LogP contribution in [0.2, 0.25) is 0 Å². The molecule has 0 aromatic carbocycles. The van der Waals surface area contributed by atoms with Crippen molar-refractivity contribution in [2.24, 2.45) is 5.73 Å². The average Bonchev–Trinajstić information content (AvgIpc) is 1.84. The van der Waals surface area contributed by atoms with Crippen LogP contribution in [0.25, 0.3) is 0 Å². The van der Waals surface area contributed by atoms with Crippen LogP contribution in [0, 0.1) is 0 Å². The highest BCUT2D eigenvalue weighted by Crippen LogP contribution is 1.98. The third-order valence-corrected chi connectivity index (χ3v) is 1.20. The van der Waals surface area contributed by atoms with E-state index in [2.05, 4.69) is 11.3 Å². The van der Waals surface area contributed by atoms with Gasteiger partial charge in [-0.25, -0.2) is 0 Å². The Morgan fingerprint density at radius 3 is 2.33 bits per heavy atom. The second-order valence-electron chi connectivity index (χ2n) is 2.60. The Morgan fingerprint density at radius 1 is 1.50 bits per heavy atom. The van der Waals surface area contributed by atoms with E-state index in [1.165, 1.54) is 6.92 Å². The van der Waals surface area contributed by atoms with Gasteiger partial charge in [0.05, 0.1) is 18.2 Å². The molecule has 0 radical (unpaired) electrons. The fourth-order valence-electron chi connectivity index (χ4n) is 0.559. The van der Waals surface area contributed by atoms with Crippen LogP contribution in [0.15, 0.2) is 12.3 Å². The summed E-state index contributed by atoms with van der Waals surface area (Å²) < 4.78 is 4.61. The van der Waals surface area contributed by atoms with Crippen molar-refractivity contribution in [3.05, 3.63) is 12.3 Å². The number of hydrogen-bond donors (Lipinski definition) is 1. The van der Waals surface area contributed by atoms with Crippen molar-refractivity contribution < 1.29 is 14.3 Å². The molecule has 12 heavy (non-hydrogen) atoms. The summed E-state index contributed by atoms with van der Waals surface area (Å²) in [4.78, 5) is 21.5. The monoisotopic (exact) mass is 171 g/mol. The maximum atomic E-state index is 10.9. The molecule has 68 valence electrons. The van der Waals surface area contributed by atoms with Crippen molar-refractivity contribution in [3.8, 4) is 0 Å². The summed E-state index contributed by atoms with van der Waals surface area (Å²) in [7, 11) is 0. The zero-order chi connectivity index (χ0) is 9.72. The van der Waals surface area contributed by atoms with E-state index in [0.717, 1.165) is 0 Å². The van der Waals surface area contributed by atoms with Crippen LogP contribution in [-0.4, -0.2) is 17.8 Å². The van der Waals surface area contributed by atoms with E-state index in [0.29, 0.717) is 5.76 Å². The fraction of sp³-hybridized carbons (Fsp3) is 0.500. The average molecular weight is 171 g/mol. The van der Waals surface area contributed by atoms with Crippen molar-refractivity contribution in [2.75, 3.05) is 0 Å². The molecule has 4 heteroatoms. The number of ketones is 1. The molecular formula is C8H13NO3. The molecule has 0 aliphatic carbocycles. The predicted molar refractivity (Wildman–Crippen MR) is 44.2 cm³/mol. The summed E-state index contributed by atoms with van der Waals surface area (Å²) in [5.41, 5.74) is 5.31. The zero-order valence-corrected chi connectivity index (χ0v) is 7.29. The molecule has 0 heterocycles. The van der Waals surface area contributed by atoms with Crippen molar-refractivity contribution in [2.45, 2.75) is 26.3 Å². The van der Waals surface area contributed by atoms with Crippen molar-refractivity contribution in [3.63, 3.8) is 0 Å². The van der Waals surface area contributed by atoms with Crippen LogP contribution in [0.4, 0.5) is 0 Å². The van der Waals surface area contributed by atoms with Gasteiger partial charge in [0.25, 0.3) is 0 Å². The molecular weight excluding hydrogens is 158 g/mol. The molecule has 2 N–H and O–H groups in total. The highest BCUT2D eigenvalue weighted by atomic mass is 16.5. The van der Waals surface area contributed by atoms with Gasteiger partial charge in [-0.2, -0.15) is 0 Å². The number of nitrogens with two attached hydrogens (primary N) is 1. The van der Waals surface area contributed by atoms with Gasteiger partial charge in [0.2, 0.25) is 0 Å². The van der Waals surface area contributed by atoms with E-state index in [1.54, 1.807) is 6.92 Å². The lowest BCUT2D eigenvalue weighted by atomic mass is 10.1. The van der Waals surface area contributed by atoms with E-state index in [-0.39, 0.29) is 12.2 Å². The molecule has 0 bridgehead atoms. The first-order chi connectivity index (χ1) is 5.43. The van der Waals surface area contributed by atoms with Gasteiger partial charge in [-0.15, -0.1) is 0 Å². The molecule has 0 aromatic rings. The van der Waals surface area contributed by atoms with Crippen LogP contribution < -0.4 is 5.73 Å². The first-order valence-corrected chi connectivity index (χ1v) is 3.55. The van der Waals surface area contributed by atoms with Crippen LogP contribution in [0.5, 0.6) is 0 Å². The zero-order valence-electron chi connectivity index (χ0n) is 7.29. The van der Waals surface area contributed by atoms with Crippen LogP contribution >= 0.6 is 0 Å². The highest BCUT2D eigenvalue weighted by molar-refractivity contribution is 5.86. The summed E-state index contributed by atoms with van der Waals surface area (Å²) in [5.74, 6) is -0.449. The topological polar surface area (TPSA) is 69.4 Å². The van der Waals surface area contributed by atoms with Gasteiger partial charge in [-0.3, -0.25) is 9.59 Å². The first kappa shape index (κ1) is 10.8. The molecule has 0 aromatic heterocycles. The molecule has 0 saturated heterocycles. The molecule has 0 rings (SSSR count). The summed E-state index contributed by atoms with van der Waals surface area (Å²) in [6, 6.07) is -0.767. The minimum atomic E-state index is -0.767. The van der Waals surface area contributed by atoms with Gasteiger partial charge >= 0.3 is 5.97 Å². The molecule has 1 unspecified atom stereocenters. The molecule has 0 aliphatic rings. The minimum absolute atomic E-state index is 0.0950. The number of carbonyl (C=O) groups is 2. The van der Waals surface area contributed by atoms with E-state index in [9.17, 15) is 9.59 Å². The van der Waals surface area contributed by atoms with E-state index >= 15 is 0 Å². The molecule has 0 aliphatic heterocycles. The number of ether oxygens (including phenoxy) is 1. The van der Waals surface area contributed by atoms with Crippen LogP contribution in [0.1, 0.15) is 20.3 Å². The summed E-state index contributed by atoms with van der Waals surface area (Å²) in [6.07, 6.45) is -0.0950. The van der Waals surface area contributed by atoms with E-state index < -0.39 is 12.0 Å². The van der Waals surface area contributed by atoms with E-state index in [4.69, 9.17) is 5.73 Å². The van der Waals surface area contributed by atoms with E-state index in [1.807, 2.05) is 0 Å². The standard InChI is InChI=1S/C8H13NO3/c1-5(2)12-8(11)4-7(9)6(3)10/h7H,1,4,9H2,2-3H3. The second kappa shape index (κ2) is 4.66. The molecule has 0 saturated carbocycles. The number of Topliss-reactive ketones (excluding diaryl/α,β-unsaturated/α-hetero) is 1. The molecule has 0 amide bonds. The molecule has 0 spiro atoms. The largest absolute Gasteiger partial charge is 0.432 e. The molecule has 4 nitrogen and oxygen atoms in total. The van der Waals surface area contributed by atoms with Gasteiger partial charge in [0.15, 0.2) is 0 Å². The Bertz CT molecular complexity index is 210. The number of allylic oxidation sites excluding steroid dienone is 1. The lowest BCUT2D eigenvalue weighted by molar-refractivity contribution is -0.141. The van der Waals surface area contributed by atoms with Gasteiger partial charge in [-0.1, -0.05) is 6.58 Å². The number of esters is 1. The van der Waals surface area contributed by atoms with Gasteiger partial charge in [0, 0.05) is 0 Å². The van der Waals surface area contributed by atoms with Gasteiger partial charge < -0.3 is 10.5 Å². The maximum absolute atomic E-state index is 10.9. The summed E-state index contributed by atoms with van der Waals surface area (Å²) >= 11 is 0. The second-order valence-corrected chi connectivity index (χ2v) is 2.60. The Kier molecular flexibility index (Phi) is 4.21. The number of rotatable bonds is 4. The molecule has 1 atom stereocenters. The van der Waals surface area contributed by atoms with Crippen LogP contribution in [0.3, 0.4) is 0 Å². The highest BCUT2D eigenvalue weighted by Gasteiger charge is 2.14. The van der Waals surface area contributed by atoms with Crippen molar-refractivity contribution >= 4 is 11.8 Å². The van der Waals surface area contributed by atoms with Crippen LogP contribution in [-0.2, 0) is 14.3 Å². The lowest BCUT2D eigenvalue weighted by Crippen LogP contribution is -2.31. The quantitative estimate of drug-likeness (QED) is 0.490. The third kappa shape index (κ3) is 4.62. The third-order valence-electron chi connectivity index (χ3n) is 1.20. The van der Waals surface area contributed by atoms with Gasteiger partial charge in [-0.05, 0) is 13.8 Å². The Labute approximate surface area is 71.4 Å². The normalized spacial score (nSPS) is 11.9. The minimum Gasteiger partial charge on any atom is -0.432 e. The SMILES string of the molecule is C=C(C)OC(=O)CC(N)C(C)=O. The number of hydrogen-bond acceptors (Lipinski definition) is 4. The summed E-state index contributed by atoms with van der Waals surface area (Å²) in [6.45, 7) is 6.26. The lowest BCUT2D eigenvalue weighted by Gasteiger charge is -2.06. The predicted octanol–water partition coefficient (Wildman–Crippen LogP) is 0.370. The van der Waals surface area contributed by atoms with Crippen molar-refractivity contribution in [1.82, 2.24) is 0 Å². The van der Waals surface area contributed by atoms with Crippen molar-refractivity contribution in [1.29, 1.82) is 0 Å². The fourth-order valence-corrected chi connectivity index (χ4v) is 0.559. The Balaban J connectivity index is 3.85. The Hall–Kier alpha value is -1.16. The smallest absolute Gasteiger partial charge is 0.312 e. The number of carbonyl (C=O) groups excluding carboxylic acids is 2. The molecule has 0 fully saturated rings. The maximum Gasteiger partial charge on any atom is 0.312 e. The Morgan fingerprint density at radius 2 is 2.00 bits per heavy atom. The first-order valence-electron chi connectivity index (χ1n) is 3.55. The van der Waals surface area contributed by atoms with Gasteiger partial charge in [0.1, 0.15) is 5.78 Å². The summed E-state index contributed by atoms with van der Waals surface area (Å²) in [5, 5.41) is 0.